The summed E-state index contributed by atoms with van der Waals surface area (Å²) in [6, 6.07) is 22.1. The van der Waals surface area contributed by atoms with Crippen LogP contribution in [-0.2, 0) is 13.1 Å². The van der Waals surface area contributed by atoms with Gasteiger partial charge in [-0.05, 0) is 37.0 Å². The van der Waals surface area contributed by atoms with Crippen molar-refractivity contribution < 1.29 is 0 Å². The van der Waals surface area contributed by atoms with Crippen LogP contribution < -0.4 is 10.6 Å². The molecule has 0 amide bonds. The van der Waals surface area contributed by atoms with Gasteiger partial charge < -0.3 is 10.6 Å². The SMILES string of the molecule is CN=C(NCc1cccc2cccnc12)NC1CCN(Cc2ccccc2)C(C)C1.I. The predicted molar refractivity (Wildman–Crippen MR) is 140 cm³/mol. The molecule has 31 heavy (non-hydrogen) atoms. The van der Waals surface area contributed by atoms with E-state index < -0.39 is 0 Å². The van der Waals surface area contributed by atoms with Crippen LogP contribution in [0, 0.1) is 0 Å². The lowest BCUT2D eigenvalue weighted by atomic mass is 9.97. The van der Waals surface area contributed by atoms with E-state index in [1.807, 2.05) is 19.3 Å². The van der Waals surface area contributed by atoms with Crippen LogP contribution in [0.4, 0.5) is 0 Å². The summed E-state index contributed by atoms with van der Waals surface area (Å²) in [5.41, 5.74) is 3.62. The zero-order chi connectivity index (χ0) is 20.8. The number of fused-ring (bicyclic) bond motifs is 1. The number of piperidine rings is 1. The van der Waals surface area contributed by atoms with Crippen molar-refractivity contribution in [2.24, 2.45) is 4.99 Å². The molecule has 1 fully saturated rings. The van der Waals surface area contributed by atoms with Crippen molar-refractivity contribution >= 4 is 40.8 Å². The van der Waals surface area contributed by atoms with Gasteiger partial charge in [-0.25, -0.2) is 0 Å². The fourth-order valence-electron chi connectivity index (χ4n) is 4.28. The number of para-hydroxylation sites is 1. The van der Waals surface area contributed by atoms with Crippen molar-refractivity contribution in [2.75, 3.05) is 13.6 Å². The van der Waals surface area contributed by atoms with Crippen LogP contribution in [-0.4, -0.2) is 41.5 Å². The molecule has 3 aromatic rings. The van der Waals surface area contributed by atoms with E-state index in [4.69, 9.17) is 0 Å². The van der Waals surface area contributed by atoms with Crippen molar-refractivity contribution in [3.63, 3.8) is 0 Å². The third-order valence-electron chi connectivity index (χ3n) is 5.97. The molecule has 0 bridgehead atoms. The summed E-state index contributed by atoms with van der Waals surface area (Å²) in [5.74, 6) is 0.858. The number of aromatic nitrogens is 1. The molecule has 1 saturated heterocycles. The maximum absolute atomic E-state index is 4.55. The molecule has 0 spiro atoms. The van der Waals surface area contributed by atoms with Gasteiger partial charge in [0.1, 0.15) is 0 Å². The largest absolute Gasteiger partial charge is 0.354 e. The average Bonchev–Trinajstić information content (AvgIpc) is 2.79. The number of hydrogen-bond donors (Lipinski definition) is 2. The molecule has 5 nitrogen and oxygen atoms in total. The topological polar surface area (TPSA) is 52.6 Å². The zero-order valence-corrected chi connectivity index (χ0v) is 20.6. The van der Waals surface area contributed by atoms with Gasteiger partial charge in [0, 0.05) is 50.3 Å². The number of guanidine groups is 1. The third kappa shape index (κ3) is 6.17. The molecule has 164 valence electrons. The van der Waals surface area contributed by atoms with E-state index in [9.17, 15) is 0 Å². The van der Waals surface area contributed by atoms with Gasteiger partial charge in [0.25, 0.3) is 0 Å². The second kappa shape index (κ2) is 11.4. The van der Waals surface area contributed by atoms with Crippen molar-refractivity contribution in [1.82, 2.24) is 20.5 Å². The minimum Gasteiger partial charge on any atom is -0.354 e. The van der Waals surface area contributed by atoms with Crippen LogP contribution in [0.1, 0.15) is 30.9 Å². The first-order valence-corrected chi connectivity index (χ1v) is 10.8. The van der Waals surface area contributed by atoms with E-state index >= 15 is 0 Å². The van der Waals surface area contributed by atoms with Gasteiger partial charge in [-0.15, -0.1) is 24.0 Å². The number of pyridine rings is 1. The summed E-state index contributed by atoms with van der Waals surface area (Å²) in [6.07, 6.45) is 4.08. The Morgan fingerprint density at radius 1 is 1.10 bits per heavy atom. The van der Waals surface area contributed by atoms with E-state index in [1.165, 1.54) is 16.5 Å². The molecule has 0 saturated carbocycles. The molecule has 2 N–H and O–H groups in total. The Bertz CT molecular complexity index is 986. The number of hydrogen-bond acceptors (Lipinski definition) is 3. The maximum Gasteiger partial charge on any atom is 0.191 e. The number of likely N-dealkylation sites (tertiary alicyclic amines) is 1. The van der Waals surface area contributed by atoms with Gasteiger partial charge in [0.05, 0.1) is 5.52 Å². The molecule has 2 atom stereocenters. The summed E-state index contributed by atoms with van der Waals surface area (Å²) >= 11 is 0. The smallest absolute Gasteiger partial charge is 0.191 e. The van der Waals surface area contributed by atoms with E-state index in [0.29, 0.717) is 18.6 Å². The molecule has 2 aromatic carbocycles. The molecule has 1 aliphatic heterocycles. The maximum atomic E-state index is 4.55. The lowest BCUT2D eigenvalue weighted by Crippen LogP contribution is -2.51. The first kappa shape index (κ1) is 23.5. The molecule has 1 aliphatic rings. The van der Waals surface area contributed by atoms with Crippen LogP contribution in [0.5, 0.6) is 0 Å². The molecule has 0 radical (unpaired) electrons. The van der Waals surface area contributed by atoms with Crippen LogP contribution in [0.25, 0.3) is 10.9 Å². The number of benzene rings is 2. The van der Waals surface area contributed by atoms with Gasteiger partial charge in [-0.3, -0.25) is 14.9 Å². The van der Waals surface area contributed by atoms with Crippen LogP contribution in [0.2, 0.25) is 0 Å². The lowest BCUT2D eigenvalue weighted by molar-refractivity contribution is 0.134. The van der Waals surface area contributed by atoms with Gasteiger partial charge in [-0.2, -0.15) is 0 Å². The highest BCUT2D eigenvalue weighted by molar-refractivity contribution is 14.0. The molecular formula is C25H32IN5. The Hall–Kier alpha value is -2.19. The number of nitrogens with zero attached hydrogens (tertiary/aromatic N) is 3. The first-order valence-electron chi connectivity index (χ1n) is 10.8. The third-order valence-corrected chi connectivity index (χ3v) is 5.97. The van der Waals surface area contributed by atoms with Gasteiger partial charge in [0.2, 0.25) is 0 Å². The van der Waals surface area contributed by atoms with Crippen molar-refractivity contribution in [1.29, 1.82) is 0 Å². The predicted octanol–water partition coefficient (Wildman–Crippen LogP) is 4.57. The molecule has 1 aromatic heterocycles. The summed E-state index contributed by atoms with van der Waals surface area (Å²) in [5, 5.41) is 8.27. The quantitative estimate of drug-likeness (QED) is 0.289. The Kier molecular flexibility index (Phi) is 8.66. The Balaban J connectivity index is 0.00000272. The summed E-state index contributed by atoms with van der Waals surface area (Å²) in [4.78, 5) is 11.6. The van der Waals surface area contributed by atoms with Crippen LogP contribution in [0.15, 0.2) is 71.9 Å². The van der Waals surface area contributed by atoms with E-state index in [-0.39, 0.29) is 24.0 Å². The molecule has 2 unspecified atom stereocenters. The van der Waals surface area contributed by atoms with Crippen LogP contribution >= 0.6 is 24.0 Å². The first-order chi connectivity index (χ1) is 14.7. The van der Waals surface area contributed by atoms with Gasteiger partial charge in [-0.1, -0.05) is 54.6 Å². The minimum atomic E-state index is 0. The summed E-state index contributed by atoms with van der Waals surface area (Å²) in [7, 11) is 1.84. The second-order valence-electron chi connectivity index (χ2n) is 8.09. The second-order valence-corrected chi connectivity index (χ2v) is 8.09. The van der Waals surface area contributed by atoms with Crippen molar-refractivity contribution in [3.05, 3.63) is 78.0 Å². The fraction of sp³-hybridized carbons (Fsp3) is 0.360. The Morgan fingerprint density at radius 3 is 2.68 bits per heavy atom. The molecule has 2 heterocycles. The Labute approximate surface area is 202 Å². The molecule has 6 heteroatoms. The highest BCUT2D eigenvalue weighted by Gasteiger charge is 2.26. The molecular weight excluding hydrogens is 497 g/mol. The number of halogens is 1. The zero-order valence-electron chi connectivity index (χ0n) is 18.3. The fourth-order valence-corrected chi connectivity index (χ4v) is 4.28. The normalized spacial score (nSPS) is 19.6. The minimum absolute atomic E-state index is 0. The van der Waals surface area contributed by atoms with Gasteiger partial charge >= 0.3 is 0 Å². The standard InChI is InChI=1S/C25H31N5.HI/c1-19-16-23(13-15-30(19)18-20-8-4-3-5-9-20)29-25(26-2)28-17-22-11-6-10-21-12-7-14-27-24(21)22;/h3-12,14,19,23H,13,15-18H2,1-2H3,(H2,26,28,29);1H. The highest BCUT2D eigenvalue weighted by Crippen LogP contribution is 2.20. The Morgan fingerprint density at radius 2 is 1.90 bits per heavy atom. The van der Waals surface area contributed by atoms with Crippen molar-refractivity contribution in [2.45, 2.75) is 44.9 Å². The van der Waals surface area contributed by atoms with E-state index in [2.05, 4.69) is 87.0 Å². The monoisotopic (exact) mass is 529 g/mol. The lowest BCUT2D eigenvalue weighted by Gasteiger charge is -2.38. The summed E-state index contributed by atoms with van der Waals surface area (Å²) in [6.45, 7) is 5.15. The molecule has 4 rings (SSSR count). The number of nitrogens with one attached hydrogen (secondary N) is 2. The average molecular weight is 529 g/mol. The van der Waals surface area contributed by atoms with Crippen molar-refractivity contribution in [3.8, 4) is 0 Å². The molecule has 0 aliphatic carbocycles. The highest BCUT2D eigenvalue weighted by atomic mass is 127. The van der Waals surface area contributed by atoms with Crippen LogP contribution in [0.3, 0.4) is 0 Å². The van der Waals surface area contributed by atoms with E-state index in [1.54, 1.807) is 0 Å². The number of rotatable bonds is 5. The number of aliphatic imine (C=N–C) groups is 1. The van der Waals surface area contributed by atoms with Gasteiger partial charge in [0.15, 0.2) is 5.96 Å². The summed E-state index contributed by atoms with van der Waals surface area (Å²) < 4.78 is 0. The van der Waals surface area contributed by atoms with E-state index in [0.717, 1.165) is 37.4 Å².